The van der Waals surface area contributed by atoms with E-state index in [9.17, 15) is 18.0 Å². The first-order chi connectivity index (χ1) is 22.2. The Kier molecular flexibility index (Phi) is 19.6. The normalized spacial score (nSPS) is 10.8. The SMILES string of the molecule is C=C(Nc1ccccc1C)c1cc(NC(=O)c2ccc(S(=O)(=O)NC(=C/C)/C=C(\C)OC)cc2Cl)ccc1Cl.CC.CC.CC(N)=O. The van der Waals surface area contributed by atoms with Crippen molar-refractivity contribution < 1.29 is 22.7 Å². The number of ether oxygens (including phenoxy) is 1. The molecule has 9 nitrogen and oxygen atoms in total. The van der Waals surface area contributed by atoms with Crippen molar-refractivity contribution in [3.63, 3.8) is 0 Å². The largest absolute Gasteiger partial charge is 0.501 e. The second-order valence-electron chi connectivity index (χ2n) is 9.13. The number of para-hydroxylation sites is 1. The molecule has 0 aromatic heterocycles. The number of rotatable bonds is 10. The Morgan fingerprint density at radius 2 is 1.49 bits per heavy atom. The summed E-state index contributed by atoms with van der Waals surface area (Å²) in [4.78, 5) is 22.1. The standard InChI is InChI=1S/C29H29Cl2N3O4S.C2H5NO.2C2H6/c1-6-21(15-19(3)38-5)34-39(36,37)23-12-13-24(27(31)17-23)29(35)33-22-11-14-26(30)25(16-22)20(4)32-28-10-8-7-9-18(28)2;1-2(3)4;2*1-2/h6-17,32,34H,4H2,1-3,5H3,(H,33,35);1H3,(H2,3,4);2*1-2H3/b19-15+,21-6+;;;. The number of carbonyl (C=O) groups excluding carboxylic acids is 2. The zero-order chi connectivity index (χ0) is 36.3. The van der Waals surface area contributed by atoms with E-state index in [1.54, 1.807) is 44.2 Å². The summed E-state index contributed by atoms with van der Waals surface area (Å²) in [6.07, 6.45) is 3.14. The van der Waals surface area contributed by atoms with Crippen LogP contribution in [0.25, 0.3) is 5.70 Å². The molecule has 3 rings (SSSR count). The summed E-state index contributed by atoms with van der Waals surface area (Å²) in [5, 5.41) is 6.45. The number of carbonyl (C=O) groups is 2. The molecule has 0 aliphatic rings. The van der Waals surface area contributed by atoms with Gasteiger partial charge in [0.2, 0.25) is 5.91 Å². The molecule has 0 spiro atoms. The minimum Gasteiger partial charge on any atom is -0.501 e. The fourth-order valence-electron chi connectivity index (χ4n) is 3.49. The lowest BCUT2D eigenvalue weighted by Crippen LogP contribution is -2.23. The smallest absolute Gasteiger partial charge is 0.261 e. The van der Waals surface area contributed by atoms with Crippen LogP contribution in [0.2, 0.25) is 10.0 Å². The van der Waals surface area contributed by atoms with Gasteiger partial charge in [-0.15, -0.1) is 0 Å². The molecule has 0 aliphatic carbocycles. The third kappa shape index (κ3) is 14.4. The number of nitrogens with one attached hydrogen (secondary N) is 3. The van der Waals surface area contributed by atoms with E-state index in [-0.39, 0.29) is 21.4 Å². The molecule has 0 unspecified atom stereocenters. The highest BCUT2D eigenvalue weighted by atomic mass is 35.5. The van der Waals surface area contributed by atoms with Gasteiger partial charge in [-0.05, 0) is 74.9 Å². The number of allylic oxidation sites excluding steroid dienone is 3. The Morgan fingerprint density at radius 1 is 0.894 bits per heavy atom. The summed E-state index contributed by atoms with van der Waals surface area (Å²) >= 11 is 12.7. The molecule has 3 aromatic rings. The van der Waals surface area contributed by atoms with E-state index in [2.05, 4.69) is 27.7 Å². The summed E-state index contributed by atoms with van der Waals surface area (Å²) in [5.41, 5.74) is 8.44. The summed E-state index contributed by atoms with van der Waals surface area (Å²) in [6, 6.07) is 16.6. The predicted octanol–water partition coefficient (Wildman–Crippen LogP) is 8.91. The van der Waals surface area contributed by atoms with E-state index in [0.717, 1.165) is 11.3 Å². The summed E-state index contributed by atoms with van der Waals surface area (Å²) in [6.45, 7) is 18.8. The van der Waals surface area contributed by atoms with Gasteiger partial charge in [0.15, 0.2) is 0 Å². The number of hydrogen-bond acceptors (Lipinski definition) is 6. The van der Waals surface area contributed by atoms with E-state index in [1.807, 2.05) is 58.9 Å². The molecule has 0 atom stereocenters. The fraction of sp³-hybridized carbons (Fsp3) is 0.257. The number of aryl methyl sites for hydroxylation is 1. The molecule has 12 heteroatoms. The van der Waals surface area contributed by atoms with E-state index >= 15 is 0 Å². The van der Waals surface area contributed by atoms with E-state index in [0.29, 0.717) is 33.4 Å². The Balaban J connectivity index is 0.00000241. The topological polar surface area (TPSA) is 140 Å². The highest BCUT2D eigenvalue weighted by molar-refractivity contribution is 7.89. The van der Waals surface area contributed by atoms with Crippen LogP contribution in [-0.4, -0.2) is 27.3 Å². The molecule has 256 valence electrons. The average molecular weight is 706 g/mol. The molecule has 0 bridgehead atoms. The number of anilines is 2. The van der Waals surface area contributed by atoms with Crippen LogP contribution in [0.1, 0.15) is 70.0 Å². The van der Waals surface area contributed by atoms with Crippen LogP contribution in [0.15, 0.2) is 95.7 Å². The van der Waals surface area contributed by atoms with Crippen LogP contribution in [0.4, 0.5) is 11.4 Å². The van der Waals surface area contributed by atoms with Gasteiger partial charge >= 0.3 is 0 Å². The zero-order valence-corrected chi connectivity index (χ0v) is 30.7. The van der Waals surface area contributed by atoms with Gasteiger partial charge in [0.05, 0.1) is 33.4 Å². The highest BCUT2D eigenvalue weighted by Gasteiger charge is 2.19. The Labute approximate surface area is 289 Å². The number of nitrogens with two attached hydrogens (primary N) is 1. The first-order valence-electron chi connectivity index (χ1n) is 14.8. The third-order valence-electron chi connectivity index (χ3n) is 5.72. The number of benzene rings is 3. The second-order valence-corrected chi connectivity index (χ2v) is 11.6. The molecule has 0 aliphatic heterocycles. The summed E-state index contributed by atoms with van der Waals surface area (Å²) in [7, 11) is -2.48. The lowest BCUT2D eigenvalue weighted by Gasteiger charge is -2.15. The first kappa shape index (κ1) is 42.8. The number of hydrogen-bond donors (Lipinski definition) is 4. The molecule has 0 saturated heterocycles. The van der Waals surface area contributed by atoms with Crippen molar-refractivity contribution in [2.24, 2.45) is 5.73 Å². The van der Waals surface area contributed by atoms with Crippen molar-refractivity contribution in [3.05, 3.63) is 118 Å². The second kappa shape index (κ2) is 21.5. The quantitative estimate of drug-likeness (QED) is 0.123. The average Bonchev–Trinajstić information content (AvgIpc) is 3.04. The zero-order valence-electron chi connectivity index (χ0n) is 28.4. The third-order valence-corrected chi connectivity index (χ3v) is 7.74. The minimum atomic E-state index is -3.96. The first-order valence-corrected chi connectivity index (χ1v) is 17.0. The van der Waals surface area contributed by atoms with Gasteiger partial charge in [-0.2, -0.15) is 0 Å². The molecule has 5 N–H and O–H groups in total. The van der Waals surface area contributed by atoms with E-state index in [1.165, 1.54) is 32.2 Å². The maximum absolute atomic E-state index is 13.0. The van der Waals surface area contributed by atoms with Gasteiger partial charge < -0.3 is 21.1 Å². The van der Waals surface area contributed by atoms with Gasteiger partial charge in [0.1, 0.15) is 0 Å². The van der Waals surface area contributed by atoms with Gasteiger partial charge in [-0.1, -0.05) is 81.8 Å². The highest BCUT2D eigenvalue weighted by Crippen LogP contribution is 2.29. The number of halogens is 2. The van der Waals surface area contributed by atoms with E-state index < -0.39 is 15.9 Å². The molecule has 47 heavy (non-hydrogen) atoms. The Morgan fingerprint density at radius 3 is 2.02 bits per heavy atom. The van der Waals surface area contributed by atoms with Crippen molar-refractivity contribution in [2.45, 2.75) is 60.3 Å². The molecule has 0 radical (unpaired) electrons. The molecular formula is C35H46Cl2N4O5S. The van der Waals surface area contributed by atoms with Crippen LogP contribution in [0.3, 0.4) is 0 Å². The molecule has 3 aromatic carbocycles. The predicted molar refractivity (Wildman–Crippen MR) is 197 cm³/mol. The Bertz CT molecular complexity index is 1680. The molecule has 0 heterocycles. The molecule has 0 saturated carbocycles. The van der Waals surface area contributed by atoms with Gasteiger partial charge in [-0.25, -0.2) is 8.42 Å². The van der Waals surface area contributed by atoms with Crippen LogP contribution in [0.5, 0.6) is 0 Å². The maximum Gasteiger partial charge on any atom is 0.261 e. The molecular weight excluding hydrogens is 659 g/mol. The van der Waals surface area contributed by atoms with Crippen molar-refractivity contribution >= 4 is 62.1 Å². The van der Waals surface area contributed by atoms with Crippen LogP contribution < -0.4 is 21.1 Å². The minimum absolute atomic E-state index is 0.0270. The lowest BCUT2D eigenvalue weighted by molar-refractivity contribution is -0.115. The Hall–Kier alpha value is -4.25. The number of amides is 2. The summed E-state index contributed by atoms with van der Waals surface area (Å²) < 4.78 is 33.3. The van der Waals surface area contributed by atoms with E-state index in [4.69, 9.17) is 27.9 Å². The van der Waals surface area contributed by atoms with Gasteiger partial charge in [0, 0.05) is 35.3 Å². The van der Waals surface area contributed by atoms with Crippen molar-refractivity contribution in [1.82, 2.24) is 4.72 Å². The fourth-order valence-corrected chi connectivity index (χ4v) is 5.17. The molecule has 0 fully saturated rings. The van der Waals surface area contributed by atoms with Gasteiger partial charge in [-0.3, -0.25) is 14.3 Å². The van der Waals surface area contributed by atoms with Crippen molar-refractivity contribution in [1.29, 1.82) is 0 Å². The van der Waals surface area contributed by atoms with Gasteiger partial charge in [0.25, 0.3) is 15.9 Å². The van der Waals surface area contributed by atoms with Crippen molar-refractivity contribution in [2.75, 3.05) is 17.7 Å². The number of primary amides is 1. The van der Waals surface area contributed by atoms with Crippen LogP contribution in [0, 0.1) is 6.92 Å². The number of sulfonamides is 1. The molecule has 2 amide bonds. The lowest BCUT2D eigenvalue weighted by atomic mass is 10.1. The number of methoxy groups -OCH3 is 1. The summed E-state index contributed by atoms with van der Waals surface area (Å²) in [5.74, 6) is -0.328. The van der Waals surface area contributed by atoms with Crippen LogP contribution in [-0.2, 0) is 19.6 Å². The maximum atomic E-state index is 13.0. The monoisotopic (exact) mass is 704 g/mol. The van der Waals surface area contributed by atoms with Crippen LogP contribution >= 0.6 is 23.2 Å². The van der Waals surface area contributed by atoms with Crippen molar-refractivity contribution in [3.8, 4) is 0 Å².